The van der Waals surface area contributed by atoms with E-state index in [1.165, 1.54) is 0 Å². The van der Waals surface area contributed by atoms with Gasteiger partial charge in [-0.05, 0) is 30.5 Å². The maximum absolute atomic E-state index is 9.30. The monoisotopic (exact) mass is 250 g/mol. The van der Waals surface area contributed by atoms with Crippen molar-refractivity contribution in [3.63, 3.8) is 0 Å². The van der Waals surface area contributed by atoms with Crippen LogP contribution < -0.4 is 4.74 Å². The highest BCUT2D eigenvalue weighted by atomic mass is 16.5. The van der Waals surface area contributed by atoms with E-state index in [1.54, 1.807) is 7.11 Å². The Morgan fingerprint density at radius 2 is 2.00 bits per heavy atom. The van der Waals surface area contributed by atoms with Crippen LogP contribution in [0.5, 0.6) is 5.75 Å². The predicted octanol–water partition coefficient (Wildman–Crippen LogP) is 2.93. The summed E-state index contributed by atoms with van der Waals surface area (Å²) >= 11 is 0. The van der Waals surface area contributed by atoms with Crippen molar-refractivity contribution in [3.8, 4) is 5.75 Å². The molecule has 1 aromatic carbocycles. The molecule has 1 atom stereocenters. The molecule has 0 aromatic heterocycles. The van der Waals surface area contributed by atoms with Crippen LogP contribution in [0.4, 0.5) is 0 Å². The van der Waals surface area contributed by atoms with Crippen molar-refractivity contribution in [1.82, 2.24) is 0 Å². The first kappa shape index (κ1) is 14.7. The first-order chi connectivity index (χ1) is 8.76. The first-order valence-electron chi connectivity index (χ1n) is 6.31. The summed E-state index contributed by atoms with van der Waals surface area (Å²) in [6.07, 6.45) is 5.03. The van der Waals surface area contributed by atoms with E-state index in [1.807, 2.05) is 43.3 Å². The number of hydrogen-bond donors (Lipinski definition) is 1. The third kappa shape index (κ3) is 5.84. The molecule has 1 N–H and O–H groups in total. The maximum Gasteiger partial charge on any atom is 0.118 e. The zero-order valence-corrected chi connectivity index (χ0v) is 11.1. The molecule has 0 spiro atoms. The molecule has 0 radical (unpaired) electrons. The van der Waals surface area contributed by atoms with Gasteiger partial charge in [0, 0.05) is 0 Å². The van der Waals surface area contributed by atoms with Crippen LogP contribution in [0.3, 0.4) is 0 Å². The summed E-state index contributed by atoms with van der Waals surface area (Å²) in [4.78, 5) is 0. The molecular weight excluding hydrogens is 228 g/mol. The van der Waals surface area contributed by atoms with Gasteiger partial charge in [-0.2, -0.15) is 0 Å². The molecule has 0 aliphatic rings. The summed E-state index contributed by atoms with van der Waals surface area (Å²) in [5.74, 6) is 0.857. The highest BCUT2D eigenvalue weighted by Crippen LogP contribution is 2.11. The number of rotatable bonds is 8. The van der Waals surface area contributed by atoms with Crippen molar-refractivity contribution in [2.24, 2.45) is 0 Å². The molecule has 0 unspecified atom stereocenters. The second kappa shape index (κ2) is 8.72. The largest absolute Gasteiger partial charge is 0.497 e. The fraction of sp³-hybridized carbons (Fsp3) is 0.467. The first-order valence-corrected chi connectivity index (χ1v) is 6.31. The van der Waals surface area contributed by atoms with Gasteiger partial charge >= 0.3 is 0 Å². The molecule has 0 fully saturated rings. The summed E-state index contributed by atoms with van der Waals surface area (Å²) in [6.45, 7) is 3.22. The minimum absolute atomic E-state index is 0.327. The molecule has 0 saturated carbocycles. The molecule has 3 nitrogen and oxygen atoms in total. The van der Waals surface area contributed by atoms with E-state index in [-0.39, 0.29) is 6.10 Å². The molecule has 18 heavy (non-hydrogen) atoms. The fourth-order valence-corrected chi connectivity index (χ4v) is 1.45. The molecule has 0 bridgehead atoms. The summed E-state index contributed by atoms with van der Waals surface area (Å²) in [5, 5.41) is 9.30. The quantitative estimate of drug-likeness (QED) is 0.569. The van der Waals surface area contributed by atoms with Crippen molar-refractivity contribution >= 4 is 0 Å². The zero-order valence-electron chi connectivity index (χ0n) is 11.1. The molecule has 0 aliphatic carbocycles. The van der Waals surface area contributed by atoms with Crippen molar-refractivity contribution in [2.75, 3.05) is 13.7 Å². The van der Waals surface area contributed by atoms with Gasteiger partial charge in [0.25, 0.3) is 0 Å². The lowest BCUT2D eigenvalue weighted by atomic mass is 10.2. The van der Waals surface area contributed by atoms with Gasteiger partial charge in [-0.1, -0.05) is 31.2 Å². The normalized spacial score (nSPS) is 12.8. The van der Waals surface area contributed by atoms with Gasteiger partial charge in [0.15, 0.2) is 0 Å². The fourth-order valence-electron chi connectivity index (χ4n) is 1.45. The number of aliphatic hydroxyl groups is 1. The van der Waals surface area contributed by atoms with Gasteiger partial charge in [0.05, 0.1) is 26.4 Å². The van der Waals surface area contributed by atoms with Crippen molar-refractivity contribution < 1.29 is 14.6 Å². The minimum Gasteiger partial charge on any atom is -0.497 e. The molecular formula is C15H22O3. The molecule has 0 saturated heterocycles. The predicted molar refractivity (Wildman–Crippen MR) is 72.7 cm³/mol. The highest BCUT2D eigenvalue weighted by Gasteiger charge is 1.95. The smallest absolute Gasteiger partial charge is 0.118 e. The lowest BCUT2D eigenvalue weighted by Crippen LogP contribution is -1.99. The Hall–Kier alpha value is -1.32. The van der Waals surface area contributed by atoms with Gasteiger partial charge in [0.1, 0.15) is 5.75 Å². The summed E-state index contributed by atoms with van der Waals surface area (Å²) in [5.41, 5.74) is 1.13. The van der Waals surface area contributed by atoms with Crippen LogP contribution in [0.25, 0.3) is 0 Å². The molecule has 0 heterocycles. The minimum atomic E-state index is -0.327. The SMILES string of the molecule is CC[C@@H](O)C=CCCOCc1ccc(OC)cc1. The third-order valence-electron chi connectivity index (χ3n) is 2.63. The topological polar surface area (TPSA) is 38.7 Å². The van der Waals surface area contributed by atoms with Crippen LogP contribution in [0.2, 0.25) is 0 Å². The second-order valence-corrected chi connectivity index (χ2v) is 4.09. The van der Waals surface area contributed by atoms with Crippen LogP contribution in [0.15, 0.2) is 36.4 Å². The molecule has 0 amide bonds. The third-order valence-corrected chi connectivity index (χ3v) is 2.63. The average molecular weight is 250 g/mol. The van der Waals surface area contributed by atoms with E-state index < -0.39 is 0 Å². The van der Waals surface area contributed by atoms with Gasteiger partial charge in [0.2, 0.25) is 0 Å². The number of benzene rings is 1. The standard InChI is InChI=1S/C15H22O3/c1-3-14(16)6-4-5-11-18-12-13-7-9-15(17-2)10-8-13/h4,6-10,14,16H,3,5,11-12H2,1-2H3/t14-/m1/s1. The Morgan fingerprint density at radius 3 is 2.61 bits per heavy atom. The van der Waals surface area contributed by atoms with Crippen molar-refractivity contribution in [1.29, 1.82) is 0 Å². The zero-order chi connectivity index (χ0) is 13.2. The van der Waals surface area contributed by atoms with Crippen LogP contribution in [-0.4, -0.2) is 24.9 Å². The van der Waals surface area contributed by atoms with Crippen LogP contribution in [-0.2, 0) is 11.3 Å². The highest BCUT2D eigenvalue weighted by molar-refractivity contribution is 5.26. The molecule has 1 rings (SSSR count). The van der Waals surface area contributed by atoms with Crippen molar-refractivity contribution in [2.45, 2.75) is 32.5 Å². The summed E-state index contributed by atoms with van der Waals surface area (Å²) in [6, 6.07) is 7.84. The Morgan fingerprint density at radius 1 is 1.28 bits per heavy atom. The molecule has 1 aromatic rings. The van der Waals surface area contributed by atoms with E-state index >= 15 is 0 Å². The second-order valence-electron chi connectivity index (χ2n) is 4.09. The number of ether oxygens (including phenoxy) is 2. The van der Waals surface area contributed by atoms with Crippen LogP contribution in [0.1, 0.15) is 25.3 Å². The number of aliphatic hydroxyl groups excluding tert-OH is 1. The van der Waals surface area contributed by atoms with Crippen molar-refractivity contribution in [3.05, 3.63) is 42.0 Å². The summed E-state index contributed by atoms with van der Waals surface area (Å²) < 4.78 is 10.6. The summed E-state index contributed by atoms with van der Waals surface area (Å²) in [7, 11) is 1.66. The Bertz CT molecular complexity index is 343. The molecule has 3 heteroatoms. The Labute approximate surface area is 109 Å². The lowest BCUT2D eigenvalue weighted by Gasteiger charge is -2.04. The van der Waals surface area contributed by atoms with Crippen LogP contribution in [0, 0.1) is 0 Å². The van der Waals surface area contributed by atoms with Gasteiger partial charge in [-0.25, -0.2) is 0 Å². The van der Waals surface area contributed by atoms with Gasteiger partial charge in [-0.3, -0.25) is 0 Å². The van der Waals surface area contributed by atoms with E-state index in [4.69, 9.17) is 9.47 Å². The number of hydrogen-bond acceptors (Lipinski definition) is 3. The molecule has 100 valence electrons. The van der Waals surface area contributed by atoms with E-state index in [0.717, 1.165) is 24.2 Å². The average Bonchev–Trinajstić information content (AvgIpc) is 2.43. The lowest BCUT2D eigenvalue weighted by molar-refractivity contribution is 0.125. The van der Waals surface area contributed by atoms with E-state index in [0.29, 0.717) is 13.2 Å². The Balaban J connectivity index is 2.15. The van der Waals surface area contributed by atoms with Crippen LogP contribution >= 0.6 is 0 Å². The van der Waals surface area contributed by atoms with E-state index in [9.17, 15) is 5.11 Å². The molecule has 0 aliphatic heterocycles. The van der Waals surface area contributed by atoms with E-state index in [2.05, 4.69) is 0 Å². The maximum atomic E-state index is 9.30. The Kier molecular flexibility index (Phi) is 7.14. The number of methoxy groups -OCH3 is 1. The van der Waals surface area contributed by atoms with Gasteiger partial charge in [-0.15, -0.1) is 0 Å². The van der Waals surface area contributed by atoms with Gasteiger partial charge < -0.3 is 14.6 Å².